The summed E-state index contributed by atoms with van der Waals surface area (Å²) in [4.78, 5) is 11.9. The lowest BCUT2D eigenvalue weighted by Crippen LogP contribution is -2.07. The summed E-state index contributed by atoms with van der Waals surface area (Å²) in [5.74, 6) is 1.26. The van der Waals surface area contributed by atoms with Crippen LogP contribution in [-0.4, -0.2) is 26.9 Å². The molecule has 0 unspecified atom stereocenters. The lowest BCUT2D eigenvalue weighted by molar-refractivity contribution is -0.111. The first-order chi connectivity index (χ1) is 11.2. The maximum atomic E-state index is 11.9. The van der Waals surface area contributed by atoms with E-state index in [1.165, 1.54) is 6.08 Å². The number of ether oxygens (including phenoxy) is 3. The smallest absolute Gasteiger partial charge is 0.248 e. The molecule has 120 valence electrons. The number of methoxy groups -OCH3 is 2. The molecule has 0 atom stereocenters. The summed E-state index contributed by atoms with van der Waals surface area (Å²) in [6, 6.07) is 14.5. The van der Waals surface area contributed by atoms with Crippen molar-refractivity contribution in [3.05, 3.63) is 60.2 Å². The lowest BCUT2D eigenvalue weighted by Gasteiger charge is -2.05. The molecule has 0 saturated carbocycles. The Balaban J connectivity index is 1.89. The fourth-order valence-electron chi connectivity index (χ4n) is 1.83. The van der Waals surface area contributed by atoms with Gasteiger partial charge >= 0.3 is 0 Å². The molecule has 0 bridgehead atoms. The normalized spacial score (nSPS) is 10.5. The van der Waals surface area contributed by atoms with Crippen molar-refractivity contribution in [2.75, 3.05) is 26.3 Å². The summed E-state index contributed by atoms with van der Waals surface area (Å²) in [5.41, 5.74) is 1.61. The Hall–Kier alpha value is -2.79. The Labute approximate surface area is 135 Å². The molecule has 2 rings (SSSR count). The van der Waals surface area contributed by atoms with E-state index in [1.54, 1.807) is 44.6 Å². The van der Waals surface area contributed by atoms with Crippen molar-refractivity contribution < 1.29 is 19.0 Å². The maximum absolute atomic E-state index is 11.9. The van der Waals surface area contributed by atoms with E-state index in [9.17, 15) is 4.79 Å². The average molecular weight is 313 g/mol. The molecule has 0 aliphatic heterocycles. The number of hydrogen-bond acceptors (Lipinski definition) is 4. The second-order valence-corrected chi connectivity index (χ2v) is 4.67. The van der Waals surface area contributed by atoms with Crippen LogP contribution >= 0.6 is 0 Å². The van der Waals surface area contributed by atoms with Gasteiger partial charge in [-0.3, -0.25) is 4.79 Å². The van der Waals surface area contributed by atoms with Gasteiger partial charge in [0.1, 0.15) is 11.5 Å². The maximum Gasteiger partial charge on any atom is 0.248 e. The quantitative estimate of drug-likeness (QED) is 0.629. The van der Waals surface area contributed by atoms with Crippen molar-refractivity contribution in [3.63, 3.8) is 0 Å². The fraction of sp³-hybridized carbons (Fsp3) is 0.167. The third-order valence-electron chi connectivity index (χ3n) is 3.01. The van der Waals surface area contributed by atoms with Crippen LogP contribution in [0.25, 0.3) is 6.08 Å². The zero-order valence-corrected chi connectivity index (χ0v) is 13.1. The van der Waals surface area contributed by atoms with Crippen LogP contribution in [-0.2, 0) is 9.53 Å². The molecule has 0 saturated heterocycles. The van der Waals surface area contributed by atoms with Gasteiger partial charge in [-0.2, -0.15) is 0 Å². The van der Waals surface area contributed by atoms with Gasteiger partial charge < -0.3 is 19.5 Å². The van der Waals surface area contributed by atoms with E-state index in [4.69, 9.17) is 14.2 Å². The van der Waals surface area contributed by atoms with Gasteiger partial charge in [-0.15, -0.1) is 0 Å². The second kappa shape index (κ2) is 8.60. The van der Waals surface area contributed by atoms with Crippen molar-refractivity contribution in [2.24, 2.45) is 0 Å². The minimum Gasteiger partial charge on any atom is -0.497 e. The molecule has 5 heteroatoms. The fourth-order valence-corrected chi connectivity index (χ4v) is 1.83. The Morgan fingerprint density at radius 1 is 1.00 bits per heavy atom. The Kier molecular flexibility index (Phi) is 6.20. The van der Waals surface area contributed by atoms with Gasteiger partial charge in [0.2, 0.25) is 5.91 Å². The van der Waals surface area contributed by atoms with Gasteiger partial charge in [0, 0.05) is 18.9 Å². The van der Waals surface area contributed by atoms with Crippen molar-refractivity contribution in [1.82, 2.24) is 0 Å². The molecule has 0 aromatic heterocycles. The highest BCUT2D eigenvalue weighted by atomic mass is 16.7. The van der Waals surface area contributed by atoms with Crippen LogP contribution in [0.4, 0.5) is 5.69 Å². The first kappa shape index (κ1) is 16.6. The van der Waals surface area contributed by atoms with E-state index in [-0.39, 0.29) is 12.7 Å². The number of carbonyl (C=O) groups excluding carboxylic acids is 1. The van der Waals surface area contributed by atoms with E-state index in [1.807, 2.05) is 24.3 Å². The standard InChI is InChI=1S/C18H19NO4/c1-21-13-23-17-8-3-14(4-9-17)5-12-18(20)19-15-6-10-16(22-2)11-7-15/h3-12H,13H2,1-2H3,(H,19,20)/b12-5+. The van der Waals surface area contributed by atoms with E-state index >= 15 is 0 Å². The molecule has 2 aromatic carbocycles. The number of anilines is 1. The Bertz CT molecular complexity index is 648. The highest BCUT2D eigenvalue weighted by Gasteiger charge is 1.99. The highest BCUT2D eigenvalue weighted by Crippen LogP contribution is 2.15. The monoisotopic (exact) mass is 313 g/mol. The van der Waals surface area contributed by atoms with Crippen molar-refractivity contribution >= 4 is 17.7 Å². The summed E-state index contributed by atoms with van der Waals surface area (Å²) in [7, 11) is 3.17. The molecule has 0 fully saturated rings. The molecule has 0 heterocycles. The summed E-state index contributed by atoms with van der Waals surface area (Å²) in [6.07, 6.45) is 3.22. The number of hydrogen-bond donors (Lipinski definition) is 1. The molecule has 23 heavy (non-hydrogen) atoms. The summed E-state index contributed by atoms with van der Waals surface area (Å²) < 4.78 is 15.2. The minimum atomic E-state index is -0.199. The van der Waals surface area contributed by atoms with E-state index in [0.717, 1.165) is 11.3 Å². The van der Waals surface area contributed by atoms with Crippen molar-refractivity contribution in [1.29, 1.82) is 0 Å². The molecule has 0 spiro atoms. The van der Waals surface area contributed by atoms with Gasteiger partial charge in [-0.25, -0.2) is 0 Å². The summed E-state index contributed by atoms with van der Waals surface area (Å²) in [6.45, 7) is 0.208. The molecular weight excluding hydrogens is 294 g/mol. The number of nitrogens with one attached hydrogen (secondary N) is 1. The average Bonchev–Trinajstić information content (AvgIpc) is 2.59. The molecule has 1 N–H and O–H groups in total. The molecule has 1 amide bonds. The van der Waals surface area contributed by atoms with Crippen molar-refractivity contribution in [3.8, 4) is 11.5 Å². The van der Waals surface area contributed by atoms with Crippen LogP contribution in [0.2, 0.25) is 0 Å². The molecule has 0 aliphatic rings. The predicted molar refractivity (Wildman–Crippen MR) is 89.6 cm³/mol. The molecule has 0 aliphatic carbocycles. The SMILES string of the molecule is COCOc1ccc(/C=C/C(=O)Nc2ccc(OC)cc2)cc1. The van der Waals surface area contributed by atoms with Crippen LogP contribution in [0.15, 0.2) is 54.6 Å². The van der Waals surface area contributed by atoms with Gasteiger partial charge in [-0.05, 0) is 48.0 Å². The first-order valence-corrected chi connectivity index (χ1v) is 7.06. The molecule has 0 radical (unpaired) electrons. The third kappa shape index (κ3) is 5.48. The molecule has 5 nitrogen and oxygen atoms in total. The number of carbonyl (C=O) groups is 1. The first-order valence-electron chi connectivity index (χ1n) is 7.06. The van der Waals surface area contributed by atoms with Crippen LogP contribution < -0.4 is 14.8 Å². The van der Waals surface area contributed by atoms with Crippen LogP contribution in [0, 0.1) is 0 Å². The minimum absolute atomic E-state index is 0.199. The van der Waals surface area contributed by atoms with Crippen LogP contribution in [0.1, 0.15) is 5.56 Å². The third-order valence-corrected chi connectivity index (χ3v) is 3.01. The van der Waals surface area contributed by atoms with Gasteiger partial charge in [0.25, 0.3) is 0 Å². The topological polar surface area (TPSA) is 56.8 Å². The number of rotatable bonds is 7. The second-order valence-electron chi connectivity index (χ2n) is 4.67. The van der Waals surface area contributed by atoms with E-state index in [0.29, 0.717) is 11.4 Å². The predicted octanol–water partition coefficient (Wildman–Crippen LogP) is 3.33. The summed E-state index contributed by atoms with van der Waals surface area (Å²) >= 11 is 0. The highest BCUT2D eigenvalue weighted by molar-refractivity contribution is 6.01. The zero-order valence-electron chi connectivity index (χ0n) is 13.1. The Morgan fingerprint density at radius 2 is 1.65 bits per heavy atom. The zero-order chi connectivity index (χ0) is 16.5. The summed E-state index contributed by atoms with van der Waals surface area (Å²) in [5, 5.41) is 2.78. The lowest BCUT2D eigenvalue weighted by atomic mass is 10.2. The van der Waals surface area contributed by atoms with Gasteiger partial charge in [0.15, 0.2) is 6.79 Å². The van der Waals surface area contributed by atoms with E-state index in [2.05, 4.69) is 5.32 Å². The Morgan fingerprint density at radius 3 is 2.26 bits per heavy atom. The van der Waals surface area contributed by atoms with E-state index < -0.39 is 0 Å². The molecular formula is C18H19NO4. The van der Waals surface area contributed by atoms with Gasteiger partial charge in [0.05, 0.1) is 7.11 Å². The number of amides is 1. The molecule has 2 aromatic rings. The van der Waals surface area contributed by atoms with Crippen molar-refractivity contribution in [2.45, 2.75) is 0 Å². The van der Waals surface area contributed by atoms with Gasteiger partial charge in [-0.1, -0.05) is 12.1 Å². The number of benzene rings is 2. The largest absolute Gasteiger partial charge is 0.497 e. The van der Waals surface area contributed by atoms with Crippen LogP contribution in [0.5, 0.6) is 11.5 Å². The van der Waals surface area contributed by atoms with Crippen LogP contribution in [0.3, 0.4) is 0 Å².